The van der Waals surface area contributed by atoms with Gasteiger partial charge >= 0.3 is 11.9 Å². The molecular weight excluding hydrogens is 1010 g/mol. The summed E-state index contributed by atoms with van der Waals surface area (Å²) in [5, 5.41) is 23.6. The highest BCUT2D eigenvalue weighted by molar-refractivity contribution is 7.09. The second-order valence-electron chi connectivity index (χ2n) is 21.3. The first-order chi connectivity index (χ1) is 36.6. The third kappa shape index (κ3) is 19.7. The first-order valence-electron chi connectivity index (χ1n) is 27.5. The fraction of sp³-hybridized carbons (Fsp3) is 0.643. The van der Waals surface area contributed by atoms with Crippen LogP contribution >= 0.6 is 11.3 Å². The van der Waals surface area contributed by atoms with E-state index in [9.17, 15) is 48.3 Å². The minimum Gasteiger partial charge on any atom is -0.481 e. The predicted molar refractivity (Wildman–Crippen MR) is 294 cm³/mol. The molecular formula is C56H85N9O11S. The molecule has 7 amide bonds. The molecule has 9 atom stereocenters. The van der Waals surface area contributed by atoms with Crippen molar-refractivity contribution in [2.45, 2.75) is 175 Å². The molecule has 3 heterocycles. The fourth-order valence-corrected chi connectivity index (χ4v) is 10.6. The average Bonchev–Trinajstić information content (AvgIpc) is 4.01. The standard InChI is InChI=1S/C56H85N9O11S/c1-10-36(6)50(62-53(72)45-29-35(5)25-28-63(45)9)55(73)64(11-2)44(34(3)4)32-46(76-38(8)66)54-61-43(33-77-54)52(71)59-41(30-37(7)56(74)75)31-39-19-21-40(22-20-39)58-51(70)42(17-14-15-26-57)60-47(67)18-13-12-16-27-65-48(68)23-24-49(65)69/h19-24,33-37,41-42,44-46,50H,10-18,25-32,57H2,1-9H3,(H,58,70)(H,59,71)(H,60,67)(H,62,72)(H,74,75)/t35-,36?,37+,41-,42?,44-,45-,46-,50+/m1/s1. The van der Waals surface area contributed by atoms with Gasteiger partial charge in [0.2, 0.25) is 23.6 Å². The molecule has 1 aromatic carbocycles. The number of hydrogen-bond acceptors (Lipinski definition) is 14. The Labute approximate surface area is 458 Å². The second-order valence-corrected chi connectivity index (χ2v) is 22.1. The number of rotatable bonds is 32. The molecule has 1 aromatic heterocycles. The summed E-state index contributed by atoms with van der Waals surface area (Å²) >= 11 is 1.13. The van der Waals surface area contributed by atoms with Crippen LogP contribution in [-0.2, 0) is 49.5 Å². The van der Waals surface area contributed by atoms with Gasteiger partial charge in [-0.25, -0.2) is 4.98 Å². The maximum absolute atomic E-state index is 14.6. The van der Waals surface area contributed by atoms with Gasteiger partial charge in [-0.3, -0.25) is 53.0 Å². The minimum atomic E-state index is -1.04. The molecule has 2 unspecified atom stereocenters. The van der Waals surface area contributed by atoms with E-state index in [2.05, 4.69) is 33.2 Å². The van der Waals surface area contributed by atoms with E-state index >= 15 is 0 Å². The van der Waals surface area contributed by atoms with E-state index in [1.807, 2.05) is 46.6 Å². The SMILES string of the molecule is CCC(C)[C@H](NC(=O)[C@H]1C[C@H](C)CCN1C)C(=O)N(CC)[C@H](C[C@@H](OC(C)=O)c1nc(C(=O)N[C@@H](Cc2ccc(NC(=O)C(CCCCN)NC(=O)CCCCCN3C(=O)C=CC3=O)cc2)C[C@H](C)C(=O)O)cs1)C(C)C. The number of benzene rings is 1. The van der Waals surface area contributed by atoms with E-state index in [-0.39, 0.29) is 85.3 Å². The number of carbonyl (C=O) groups is 9. The molecule has 2 aliphatic rings. The lowest BCUT2D eigenvalue weighted by molar-refractivity contribution is -0.150. The predicted octanol–water partition coefficient (Wildman–Crippen LogP) is 5.76. The first kappa shape index (κ1) is 63.5. The van der Waals surface area contributed by atoms with Gasteiger partial charge in [0.05, 0.1) is 12.0 Å². The summed E-state index contributed by atoms with van der Waals surface area (Å²) in [6.45, 7) is 16.6. The van der Waals surface area contributed by atoms with Crippen molar-refractivity contribution >= 4 is 70.3 Å². The number of nitrogens with one attached hydrogen (secondary N) is 4. The normalized spacial score (nSPS) is 18.4. The molecule has 0 spiro atoms. The van der Waals surface area contributed by atoms with Crippen LogP contribution in [0.4, 0.5) is 5.69 Å². The number of carbonyl (C=O) groups excluding carboxylic acids is 8. The van der Waals surface area contributed by atoms with Crippen LogP contribution < -0.4 is 27.0 Å². The van der Waals surface area contributed by atoms with E-state index in [0.717, 1.165) is 34.8 Å². The van der Waals surface area contributed by atoms with Crippen LogP contribution in [0.25, 0.3) is 0 Å². The van der Waals surface area contributed by atoms with Gasteiger partial charge in [-0.2, -0.15) is 0 Å². The number of amides is 7. The number of imide groups is 1. The molecule has 1 fully saturated rings. The van der Waals surface area contributed by atoms with E-state index in [1.54, 1.807) is 41.5 Å². The Morgan fingerprint density at radius 2 is 1.61 bits per heavy atom. The van der Waals surface area contributed by atoms with Crippen molar-refractivity contribution < 1.29 is 53.0 Å². The van der Waals surface area contributed by atoms with E-state index in [1.165, 1.54) is 19.1 Å². The molecule has 2 aliphatic heterocycles. The van der Waals surface area contributed by atoms with Crippen molar-refractivity contribution in [3.8, 4) is 0 Å². The van der Waals surface area contributed by atoms with Crippen LogP contribution in [0.1, 0.15) is 160 Å². The zero-order valence-corrected chi connectivity index (χ0v) is 47.5. The van der Waals surface area contributed by atoms with Gasteiger partial charge in [-0.1, -0.05) is 66.5 Å². The maximum Gasteiger partial charge on any atom is 0.306 e. The van der Waals surface area contributed by atoms with E-state index < -0.39 is 59.9 Å². The van der Waals surface area contributed by atoms with E-state index in [0.29, 0.717) is 81.1 Å². The summed E-state index contributed by atoms with van der Waals surface area (Å²) < 4.78 is 5.87. The number of nitrogens with zero attached hydrogens (tertiary/aromatic N) is 4. The number of hydrogen-bond donors (Lipinski definition) is 6. The van der Waals surface area contributed by atoms with Gasteiger partial charge in [-0.05, 0) is 120 Å². The molecule has 21 heteroatoms. The van der Waals surface area contributed by atoms with Crippen molar-refractivity contribution in [2.24, 2.45) is 29.4 Å². The Hall–Kier alpha value is -6.06. The summed E-state index contributed by atoms with van der Waals surface area (Å²) in [7, 11) is 1.94. The summed E-state index contributed by atoms with van der Waals surface area (Å²) in [4.78, 5) is 127. The third-order valence-corrected chi connectivity index (χ3v) is 15.6. The van der Waals surface area contributed by atoms with Crippen LogP contribution in [0.5, 0.6) is 0 Å². The number of aromatic nitrogens is 1. The Morgan fingerprint density at radius 1 is 0.922 bits per heavy atom. The number of esters is 1. The monoisotopic (exact) mass is 1090 g/mol. The van der Waals surface area contributed by atoms with E-state index in [4.69, 9.17) is 10.5 Å². The zero-order chi connectivity index (χ0) is 56.9. The fourth-order valence-electron chi connectivity index (χ4n) is 9.78. The van der Waals surface area contributed by atoms with Gasteiger partial charge in [0.25, 0.3) is 17.7 Å². The van der Waals surface area contributed by atoms with Crippen molar-refractivity contribution in [1.29, 1.82) is 0 Å². The number of ether oxygens (including phenoxy) is 1. The lowest BCUT2D eigenvalue weighted by Crippen LogP contribution is -2.59. The highest BCUT2D eigenvalue weighted by Gasteiger charge is 2.39. The molecule has 0 bridgehead atoms. The lowest BCUT2D eigenvalue weighted by atomic mass is 9.90. The number of likely N-dealkylation sites (tertiary alicyclic amines) is 1. The summed E-state index contributed by atoms with van der Waals surface area (Å²) in [6, 6.07) is 3.83. The summed E-state index contributed by atoms with van der Waals surface area (Å²) in [5.74, 6) is -4.69. The van der Waals surface area contributed by atoms with Crippen LogP contribution in [0.2, 0.25) is 0 Å². The average molecular weight is 1090 g/mol. The molecule has 0 aliphatic carbocycles. The van der Waals surface area contributed by atoms with Crippen LogP contribution in [0, 0.1) is 23.7 Å². The number of nitrogens with two attached hydrogens (primary N) is 1. The number of unbranched alkanes of at least 4 members (excludes halogenated alkanes) is 3. The summed E-state index contributed by atoms with van der Waals surface area (Å²) in [5.41, 5.74) is 6.94. The lowest BCUT2D eigenvalue weighted by Gasteiger charge is -2.40. The van der Waals surface area contributed by atoms with Crippen molar-refractivity contribution in [3.63, 3.8) is 0 Å². The topological polar surface area (TPSA) is 280 Å². The molecule has 4 rings (SSSR count). The quantitative estimate of drug-likeness (QED) is 0.0289. The van der Waals surface area contributed by atoms with Gasteiger partial charge in [0.1, 0.15) is 22.8 Å². The van der Waals surface area contributed by atoms with Gasteiger partial charge < -0.3 is 41.7 Å². The molecule has 77 heavy (non-hydrogen) atoms. The van der Waals surface area contributed by atoms with Gasteiger partial charge in [0.15, 0.2) is 6.10 Å². The number of carboxylic acid groups (broad SMARTS) is 1. The Bertz CT molecular complexity index is 2340. The molecule has 1 saturated heterocycles. The molecule has 0 saturated carbocycles. The molecule has 426 valence electrons. The number of aliphatic carboxylic acids is 1. The Morgan fingerprint density at radius 3 is 2.22 bits per heavy atom. The first-order valence-corrected chi connectivity index (χ1v) is 28.3. The highest BCUT2D eigenvalue weighted by Crippen LogP contribution is 2.32. The maximum atomic E-state index is 14.6. The number of likely N-dealkylation sites (N-methyl/N-ethyl adjacent to an activating group) is 2. The number of piperidine rings is 1. The highest BCUT2D eigenvalue weighted by atomic mass is 32.1. The van der Waals surface area contributed by atoms with Crippen LogP contribution in [-0.4, -0.2) is 142 Å². The van der Waals surface area contributed by atoms with Gasteiger partial charge in [-0.15, -0.1) is 11.3 Å². The third-order valence-electron chi connectivity index (χ3n) is 14.7. The number of anilines is 1. The molecule has 7 N–H and O–H groups in total. The molecule has 0 radical (unpaired) electrons. The van der Waals surface area contributed by atoms with Crippen molar-refractivity contribution in [3.05, 3.63) is 58.1 Å². The molecule has 2 aromatic rings. The zero-order valence-electron chi connectivity index (χ0n) is 46.6. The number of thiazole rings is 1. The second kappa shape index (κ2) is 31.4. The smallest absolute Gasteiger partial charge is 0.306 e. The number of carboxylic acids is 1. The van der Waals surface area contributed by atoms with Crippen molar-refractivity contribution in [1.82, 2.24) is 35.6 Å². The van der Waals surface area contributed by atoms with Crippen LogP contribution in [0.3, 0.4) is 0 Å². The largest absolute Gasteiger partial charge is 0.481 e. The van der Waals surface area contributed by atoms with Crippen molar-refractivity contribution in [2.75, 3.05) is 38.5 Å². The summed E-state index contributed by atoms with van der Waals surface area (Å²) in [6.07, 6.45) is 7.84. The molecule has 20 nitrogen and oxygen atoms in total. The van der Waals surface area contributed by atoms with Gasteiger partial charge in [0, 0.05) is 68.2 Å². The Balaban J connectivity index is 1.44. The minimum absolute atomic E-state index is 0.0398. The Kier molecular flexibility index (Phi) is 25.9. The van der Waals surface area contributed by atoms with Crippen LogP contribution in [0.15, 0.2) is 41.8 Å².